The van der Waals surface area contributed by atoms with Gasteiger partial charge in [0.2, 0.25) is 5.91 Å². The van der Waals surface area contributed by atoms with E-state index in [-0.39, 0.29) is 5.91 Å². The number of amides is 1. The molecule has 0 saturated heterocycles. The fraction of sp³-hybridized carbons (Fsp3) is 0.500. The number of primary amides is 1. The van der Waals surface area contributed by atoms with Gasteiger partial charge in [-0.25, -0.2) is 0 Å². The van der Waals surface area contributed by atoms with Crippen LogP contribution in [0.4, 0.5) is 0 Å². The van der Waals surface area contributed by atoms with Gasteiger partial charge in [-0.15, -0.1) is 0 Å². The summed E-state index contributed by atoms with van der Waals surface area (Å²) in [5.74, 6) is 0.207. The molecule has 16 heavy (non-hydrogen) atoms. The van der Waals surface area contributed by atoms with Crippen molar-refractivity contribution in [3.8, 4) is 0 Å². The summed E-state index contributed by atoms with van der Waals surface area (Å²) in [6, 6.07) is 7.65. The molecule has 88 valence electrons. The van der Waals surface area contributed by atoms with Crippen LogP contribution in [-0.4, -0.2) is 5.91 Å². The molecule has 1 amide bonds. The van der Waals surface area contributed by atoms with Crippen LogP contribution in [-0.2, 0) is 0 Å². The van der Waals surface area contributed by atoms with Gasteiger partial charge in [-0.05, 0) is 30.0 Å². The van der Waals surface area contributed by atoms with Crippen LogP contribution in [0, 0.1) is 0 Å². The Morgan fingerprint density at radius 3 is 2.38 bits per heavy atom. The standard InChI is InChI=1S/C14H21NO/c1-3-4-5-6-11(2)12-7-9-13(10-8-12)14(15)16/h7-11H,3-6H2,1-2H3,(H2,15,16). The second-order valence-corrected chi connectivity index (χ2v) is 4.38. The zero-order chi connectivity index (χ0) is 12.0. The lowest BCUT2D eigenvalue weighted by atomic mass is 9.94. The predicted octanol–water partition coefficient (Wildman–Crippen LogP) is 3.47. The number of rotatable bonds is 6. The maximum absolute atomic E-state index is 10.9. The normalized spacial score (nSPS) is 12.4. The van der Waals surface area contributed by atoms with Crippen LogP contribution in [0.5, 0.6) is 0 Å². The summed E-state index contributed by atoms with van der Waals surface area (Å²) in [4.78, 5) is 10.9. The Bertz CT molecular complexity index is 329. The Morgan fingerprint density at radius 2 is 1.88 bits per heavy atom. The average Bonchev–Trinajstić information content (AvgIpc) is 2.29. The molecule has 2 heteroatoms. The van der Waals surface area contributed by atoms with Crippen molar-refractivity contribution in [3.63, 3.8) is 0 Å². The molecule has 0 aliphatic rings. The first-order valence-electron chi connectivity index (χ1n) is 6.05. The molecule has 1 unspecified atom stereocenters. The van der Waals surface area contributed by atoms with E-state index in [9.17, 15) is 4.79 Å². The van der Waals surface area contributed by atoms with Gasteiger partial charge in [0.15, 0.2) is 0 Å². The zero-order valence-electron chi connectivity index (χ0n) is 10.2. The molecular formula is C14H21NO. The maximum Gasteiger partial charge on any atom is 0.248 e. The maximum atomic E-state index is 10.9. The molecule has 0 aliphatic carbocycles. The monoisotopic (exact) mass is 219 g/mol. The molecule has 1 atom stereocenters. The fourth-order valence-corrected chi connectivity index (χ4v) is 1.84. The van der Waals surface area contributed by atoms with E-state index in [0.717, 1.165) is 0 Å². The van der Waals surface area contributed by atoms with E-state index in [2.05, 4.69) is 13.8 Å². The van der Waals surface area contributed by atoms with Crippen LogP contribution >= 0.6 is 0 Å². The molecule has 0 radical (unpaired) electrons. The highest BCUT2D eigenvalue weighted by Gasteiger charge is 2.06. The number of hydrogen-bond donors (Lipinski definition) is 1. The largest absolute Gasteiger partial charge is 0.366 e. The summed E-state index contributed by atoms with van der Waals surface area (Å²) in [6.45, 7) is 4.45. The number of carbonyl (C=O) groups is 1. The Kier molecular flexibility index (Phi) is 5.03. The highest BCUT2D eigenvalue weighted by atomic mass is 16.1. The quantitative estimate of drug-likeness (QED) is 0.731. The molecule has 0 fully saturated rings. The van der Waals surface area contributed by atoms with E-state index in [1.165, 1.54) is 31.2 Å². The van der Waals surface area contributed by atoms with E-state index in [0.29, 0.717) is 11.5 Å². The number of unbranched alkanes of at least 4 members (excludes halogenated alkanes) is 2. The molecule has 2 nitrogen and oxygen atoms in total. The minimum absolute atomic E-state index is 0.356. The van der Waals surface area contributed by atoms with Gasteiger partial charge < -0.3 is 5.73 Å². The third-order valence-electron chi connectivity index (χ3n) is 3.00. The molecule has 0 saturated carbocycles. The third-order valence-corrected chi connectivity index (χ3v) is 3.00. The zero-order valence-corrected chi connectivity index (χ0v) is 10.2. The van der Waals surface area contributed by atoms with E-state index in [4.69, 9.17) is 5.73 Å². The Morgan fingerprint density at radius 1 is 1.25 bits per heavy atom. The van der Waals surface area contributed by atoms with Gasteiger partial charge >= 0.3 is 0 Å². The van der Waals surface area contributed by atoms with Crippen molar-refractivity contribution in [3.05, 3.63) is 35.4 Å². The summed E-state index contributed by atoms with van der Waals surface area (Å²) in [6.07, 6.45) is 5.04. The van der Waals surface area contributed by atoms with Gasteiger partial charge in [0.05, 0.1) is 0 Å². The Hall–Kier alpha value is -1.31. The van der Waals surface area contributed by atoms with Crippen molar-refractivity contribution in [2.45, 2.75) is 45.4 Å². The van der Waals surface area contributed by atoms with Crippen LogP contribution in [0.1, 0.15) is 61.4 Å². The summed E-state index contributed by atoms with van der Waals surface area (Å²) in [7, 11) is 0. The van der Waals surface area contributed by atoms with E-state index < -0.39 is 0 Å². The first kappa shape index (κ1) is 12.8. The smallest absolute Gasteiger partial charge is 0.248 e. The molecular weight excluding hydrogens is 198 g/mol. The molecule has 2 N–H and O–H groups in total. The minimum atomic E-state index is -0.356. The Labute approximate surface area is 97.9 Å². The van der Waals surface area contributed by atoms with Gasteiger partial charge in [0.1, 0.15) is 0 Å². The van der Waals surface area contributed by atoms with Crippen LogP contribution in [0.2, 0.25) is 0 Å². The van der Waals surface area contributed by atoms with Crippen molar-refractivity contribution in [1.29, 1.82) is 0 Å². The van der Waals surface area contributed by atoms with E-state index in [1.807, 2.05) is 24.3 Å². The van der Waals surface area contributed by atoms with E-state index >= 15 is 0 Å². The molecule has 0 spiro atoms. The van der Waals surface area contributed by atoms with E-state index in [1.54, 1.807) is 0 Å². The first-order valence-corrected chi connectivity index (χ1v) is 6.05. The van der Waals surface area contributed by atoms with Gasteiger partial charge in [0.25, 0.3) is 0 Å². The predicted molar refractivity (Wildman–Crippen MR) is 67.5 cm³/mol. The number of carbonyl (C=O) groups excluding carboxylic acids is 1. The van der Waals surface area contributed by atoms with Gasteiger partial charge in [-0.3, -0.25) is 4.79 Å². The van der Waals surface area contributed by atoms with Crippen LogP contribution in [0.3, 0.4) is 0 Å². The summed E-state index contributed by atoms with van der Waals surface area (Å²) >= 11 is 0. The lowest BCUT2D eigenvalue weighted by Gasteiger charge is -2.11. The van der Waals surface area contributed by atoms with Crippen LogP contribution < -0.4 is 5.73 Å². The number of nitrogens with two attached hydrogens (primary N) is 1. The van der Waals surface area contributed by atoms with Crippen LogP contribution in [0.15, 0.2) is 24.3 Å². The van der Waals surface area contributed by atoms with Gasteiger partial charge in [-0.2, -0.15) is 0 Å². The summed E-state index contributed by atoms with van der Waals surface area (Å²) in [5, 5.41) is 0. The molecule has 1 rings (SSSR count). The second kappa shape index (κ2) is 6.31. The van der Waals surface area contributed by atoms with Crippen molar-refractivity contribution in [1.82, 2.24) is 0 Å². The van der Waals surface area contributed by atoms with Crippen molar-refractivity contribution in [2.75, 3.05) is 0 Å². The summed E-state index contributed by atoms with van der Waals surface area (Å²) in [5.41, 5.74) is 7.08. The summed E-state index contributed by atoms with van der Waals surface area (Å²) < 4.78 is 0. The molecule has 0 aromatic heterocycles. The minimum Gasteiger partial charge on any atom is -0.366 e. The third kappa shape index (κ3) is 3.69. The van der Waals surface area contributed by atoms with Crippen LogP contribution in [0.25, 0.3) is 0 Å². The number of benzene rings is 1. The molecule has 0 aliphatic heterocycles. The first-order chi connectivity index (χ1) is 7.65. The molecule has 0 heterocycles. The lowest BCUT2D eigenvalue weighted by Crippen LogP contribution is -2.10. The van der Waals surface area contributed by atoms with Gasteiger partial charge in [-0.1, -0.05) is 45.2 Å². The molecule has 1 aromatic carbocycles. The molecule has 1 aromatic rings. The average molecular weight is 219 g/mol. The second-order valence-electron chi connectivity index (χ2n) is 4.38. The fourth-order valence-electron chi connectivity index (χ4n) is 1.84. The molecule has 0 bridgehead atoms. The lowest BCUT2D eigenvalue weighted by molar-refractivity contribution is 0.100. The number of hydrogen-bond acceptors (Lipinski definition) is 1. The topological polar surface area (TPSA) is 43.1 Å². The Balaban J connectivity index is 2.56. The van der Waals surface area contributed by atoms with Crippen molar-refractivity contribution >= 4 is 5.91 Å². The van der Waals surface area contributed by atoms with Crippen molar-refractivity contribution in [2.24, 2.45) is 5.73 Å². The highest BCUT2D eigenvalue weighted by Crippen LogP contribution is 2.22. The SMILES string of the molecule is CCCCCC(C)c1ccc(C(N)=O)cc1. The van der Waals surface area contributed by atoms with Crippen molar-refractivity contribution < 1.29 is 4.79 Å². The van der Waals surface area contributed by atoms with Gasteiger partial charge in [0, 0.05) is 5.56 Å². The highest BCUT2D eigenvalue weighted by molar-refractivity contribution is 5.92.